The maximum Gasteiger partial charge on any atom is 0.0608 e. The number of hydrogen-bond acceptors (Lipinski definition) is 3. The van der Waals surface area contributed by atoms with Crippen molar-refractivity contribution in [1.82, 2.24) is 0 Å². The van der Waals surface area contributed by atoms with Gasteiger partial charge in [-0.2, -0.15) is 0 Å². The third-order valence-corrected chi connectivity index (χ3v) is 4.17. The summed E-state index contributed by atoms with van der Waals surface area (Å²) in [5, 5.41) is 8.64. The standard InChI is InChI=1S/C16H32O3/c1-13(2)15-7-6-14(3)12-16(15)19-11-5-10-18-9-4-8-17/h13-17H,4-12H2,1-3H3. The fourth-order valence-electron chi connectivity index (χ4n) is 2.97. The number of hydrogen-bond donors (Lipinski definition) is 1. The van der Waals surface area contributed by atoms with Crippen molar-refractivity contribution in [1.29, 1.82) is 0 Å². The summed E-state index contributed by atoms with van der Waals surface area (Å²) in [6.07, 6.45) is 6.02. The SMILES string of the molecule is CC1CCC(C(C)C)C(OCCCOCCCO)C1. The van der Waals surface area contributed by atoms with E-state index in [-0.39, 0.29) is 6.61 Å². The lowest BCUT2D eigenvalue weighted by atomic mass is 9.75. The van der Waals surface area contributed by atoms with Crippen molar-refractivity contribution in [3.63, 3.8) is 0 Å². The Hall–Kier alpha value is -0.120. The van der Waals surface area contributed by atoms with Gasteiger partial charge in [0.05, 0.1) is 6.10 Å². The van der Waals surface area contributed by atoms with Gasteiger partial charge in [0.2, 0.25) is 0 Å². The minimum Gasteiger partial charge on any atom is -0.396 e. The molecule has 3 unspecified atom stereocenters. The predicted molar refractivity (Wildman–Crippen MR) is 78.2 cm³/mol. The van der Waals surface area contributed by atoms with Crippen molar-refractivity contribution in [2.75, 3.05) is 26.4 Å². The molecule has 3 atom stereocenters. The molecule has 1 fully saturated rings. The van der Waals surface area contributed by atoms with E-state index in [2.05, 4.69) is 20.8 Å². The number of rotatable bonds is 9. The van der Waals surface area contributed by atoms with Gasteiger partial charge in [-0.15, -0.1) is 0 Å². The largest absolute Gasteiger partial charge is 0.396 e. The van der Waals surface area contributed by atoms with Gasteiger partial charge in [0.15, 0.2) is 0 Å². The van der Waals surface area contributed by atoms with Gasteiger partial charge in [-0.05, 0) is 43.4 Å². The van der Waals surface area contributed by atoms with Gasteiger partial charge in [-0.1, -0.05) is 27.2 Å². The average molecular weight is 272 g/mol. The van der Waals surface area contributed by atoms with Gasteiger partial charge in [-0.25, -0.2) is 0 Å². The van der Waals surface area contributed by atoms with Crippen LogP contribution in [0.3, 0.4) is 0 Å². The van der Waals surface area contributed by atoms with E-state index >= 15 is 0 Å². The van der Waals surface area contributed by atoms with Crippen LogP contribution >= 0.6 is 0 Å². The van der Waals surface area contributed by atoms with E-state index in [1.54, 1.807) is 0 Å². The summed E-state index contributed by atoms with van der Waals surface area (Å²) < 4.78 is 11.5. The van der Waals surface area contributed by atoms with Crippen molar-refractivity contribution >= 4 is 0 Å². The first-order valence-electron chi connectivity index (χ1n) is 7.95. The Balaban J connectivity index is 2.14. The first-order valence-corrected chi connectivity index (χ1v) is 7.95. The topological polar surface area (TPSA) is 38.7 Å². The molecule has 0 aromatic rings. The molecule has 114 valence electrons. The van der Waals surface area contributed by atoms with Crippen LogP contribution in [0.5, 0.6) is 0 Å². The first kappa shape index (κ1) is 16.9. The Morgan fingerprint density at radius 1 is 1.11 bits per heavy atom. The highest BCUT2D eigenvalue weighted by Crippen LogP contribution is 2.35. The molecule has 0 amide bonds. The zero-order valence-corrected chi connectivity index (χ0v) is 12.9. The van der Waals surface area contributed by atoms with Crippen LogP contribution in [0.2, 0.25) is 0 Å². The average Bonchev–Trinajstić information content (AvgIpc) is 2.37. The molecule has 0 aromatic heterocycles. The number of aliphatic hydroxyl groups is 1. The third kappa shape index (κ3) is 6.73. The van der Waals surface area contributed by atoms with Gasteiger partial charge >= 0.3 is 0 Å². The van der Waals surface area contributed by atoms with Crippen molar-refractivity contribution in [3.8, 4) is 0 Å². The van der Waals surface area contributed by atoms with E-state index in [0.29, 0.717) is 12.7 Å². The lowest BCUT2D eigenvalue weighted by molar-refractivity contribution is -0.0445. The van der Waals surface area contributed by atoms with E-state index in [1.165, 1.54) is 19.3 Å². The van der Waals surface area contributed by atoms with Gasteiger partial charge < -0.3 is 14.6 Å². The molecule has 1 N–H and O–H groups in total. The van der Waals surface area contributed by atoms with E-state index in [1.807, 2.05) is 0 Å². The van der Waals surface area contributed by atoms with Crippen LogP contribution in [-0.4, -0.2) is 37.6 Å². The minimum atomic E-state index is 0.215. The summed E-state index contributed by atoms with van der Waals surface area (Å²) in [5.41, 5.74) is 0. The fourth-order valence-corrected chi connectivity index (χ4v) is 2.97. The minimum absolute atomic E-state index is 0.215. The Morgan fingerprint density at radius 3 is 2.53 bits per heavy atom. The molecular formula is C16H32O3. The quantitative estimate of drug-likeness (QED) is 0.655. The van der Waals surface area contributed by atoms with Crippen LogP contribution in [0.15, 0.2) is 0 Å². The summed E-state index contributed by atoms with van der Waals surface area (Å²) >= 11 is 0. The molecule has 0 aromatic carbocycles. The monoisotopic (exact) mass is 272 g/mol. The predicted octanol–water partition coefficient (Wildman–Crippen LogP) is 3.25. The second-order valence-electron chi connectivity index (χ2n) is 6.28. The molecule has 3 heteroatoms. The van der Waals surface area contributed by atoms with Crippen molar-refractivity contribution in [3.05, 3.63) is 0 Å². The fraction of sp³-hybridized carbons (Fsp3) is 1.00. The highest BCUT2D eigenvalue weighted by molar-refractivity contribution is 4.81. The van der Waals surface area contributed by atoms with Crippen molar-refractivity contribution < 1.29 is 14.6 Å². The lowest BCUT2D eigenvalue weighted by Crippen LogP contribution is -2.34. The second-order valence-corrected chi connectivity index (χ2v) is 6.28. The van der Waals surface area contributed by atoms with Gasteiger partial charge in [0.25, 0.3) is 0 Å². The van der Waals surface area contributed by atoms with Crippen LogP contribution in [-0.2, 0) is 9.47 Å². The molecule has 0 saturated heterocycles. The molecule has 0 bridgehead atoms. The van der Waals surface area contributed by atoms with Crippen LogP contribution in [0.25, 0.3) is 0 Å². The number of ether oxygens (including phenoxy) is 2. The van der Waals surface area contributed by atoms with Crippen molar-refractivity contribution in [2.24, 2.45) is 17.8 Å². The zero-order valence-electron chi connectivity index (χ0n) is 12.9. The highest BCUT2D eigenvalue weighted by Gasteiger charge is 2.31. The Bertz CT molecular complexity index is 218. The van der Waals surface area contributed by atoms with E-state index in [0.717, 1.165) is 43.8 Å². The van der Waals surface area contributed by atoms with Crippen LogP contribution < -0.4 is 0 Å². The van der Waals surface area contributed by atoms with Crippen LogP contribution in [0.4, 0.5) is 0 Å². The maximum absolute atomic E-state index is 8.64. The van der Waals surface area contributed by atoms with Gasteiger partial charge in [-0.3, -0.25) is 0 Å². The summed E-state index contributed by atoms with van der Waals surface area (Å²) in [4.78, 5) is 0. The lowest BCUT2D eigenvalue weighted by Gasteiger charge is -2.37. The molecule has 1 aliphatic rings. The molecule has 0 aliphatic heterocycles. The summed E-state index contributed by atoms with van der Waals surface area (Å²) in [6, 6.07) is 0. The zero-order chi connectivity index (χ0) is 14.1. The smallest absolute Gasteiger partial charge is 0.0608 e. The molecule has 1 rings (SSSR count). The highest BCUT2D eigenvalue weighted by atomic mass is 16.5. The molecule has 1 saturated carbocycles. The van der Waals surface area contributed by atoms with E-state index in [9.17, 15) is 0 Å². The van der Waals surface area contributed by atoms with Gasteiger partial charge in [0.1, 0.15) is 0 Å². The van der Waals surface area contributed by atoms with Crippen LogP contribution in [0, 0.1) is 17.8 Å². The summed E-state index contributed by atoms with van der Waals surface area (Å²) in [7, 11) is 0. The van der Waals surface area contributed by atoms with Crippen molar-refractivity contribution in [2.45, 2.75) is 59.0 Å². The molecule has 0 spiro atoms. The number of aliphatic hydroxyl groups excluding tert-OH is 1. The third-order valence-electron chi connectivity index (χ3n) is 4.17. The second kappa shape index (κ2) is 9.73. The molecule has 0 radical (unpaired) electrons. The molecule has 3 nitrogen and oxygen atoms in total. The molecule has 19 heavy (non-hydrogen) atoms. The molecule has 1 aliphatic carbocycles. The van der Waals surface area contributed by atoms with Crippen LogP contribution in [0.1, 0.15) is 52.9 Å². The first-order chi connectivity index (χ1) is 9.15. The maximum atomic E-state index is 8.64. The van der Waals surface area contributed by atoms with Gasteiger partial charge in [0, 0.05) is 26.4 Å². The molecular weight excluding hydrogens is 240 g/mol. The molecule has 0 heterocycles. The Morgan fingerprint density at radius 2 is 1.84 bits per heavy atom. The Kier molecular flexibility index (Phi) is 8.67. The van der Waals surface area contributed by atoms with E-state index in [4.69, 9.17) is 14.6 Å². The normalized spacial score (nSPS) is 27.9. The summed E-state index contributed by atoms with van der Waals surface area (Å²) in [6.45, 7) is 9.39. The summed E-state index contributed by atoms with van der Waals surface area (Å²) in [5.74, 6) is 2.26. The van der Waals surface area contributed by atoms with E-state index < -0.39 is 0 Å². The Labute approximate surface area is 118 Å².